The highest BCUT2D eigenvalue weighted by Crippen LogP contribution is 2.31. The van der Waals surface area contributed by atoms with Crippen molar-refractivity contribution in [2.24, 2.45) is 0 Å². The molecule has 0 amide bonds. The van der Waals surface area contributed by atoms with Crippen LogP contribution < -0.4 is 5.32 Å². The van der Waals surface area contributed by atoms with Gasteiger partial charge in [0.1, 0.15) is 0 Å². The number of aryl methyl sites for hydroxylation is 3. The molecule has 0 unspecified atom stereocenters. The van der Waals surface area contributed by atoms with Gasteiger partial charge in [0.05, 0.1) is 0 Å². The molecule has 0 bridgehead atoms. The Kier molecular flexibility index (Phi) is 20.6. The van der Waals surface area contributed by atoms with E-state index in [0.29, 0.717) is 0 Å². The fourth-order valence-corrected chi connectivity index (χ4v) is 6.04. The predicted octanol–water partition coefficient (Wildman–Crippen LogP) is 13.3. The topological polar surface area (TPSA) is 12.0 Å². The summed E-state index contributed by atoms with van der Waals surface area (Å²) in [6.45, 7) is 6.92. The average Bonchev–Trinajstić information content (AvgIpc) is 2.97. The molecule has 1 N–H and O–H groups in total. The van der Waals surface area contributed by atoms with Crippen LogP contribution in [0.4, 0.5) is 11.4 Å². The number of hydrogen-bond acceptors (Lipinski definition) is 1. The van der Waals surface area contributed by atoms with Crippen LogP contribution in [0.5, 0.6) is 0 Å². The number of rotatable bonds is 26. The van der Waals surface area contributed by atoms with Crippen LogP contribution in [-0.4, -0.2) is 0 Å². The molecular weight excluding hydrogens is 482 g/mol. The normalized spacial score (nSPS) is 11.3. The molecule has 2 aromatic carbocycles. The predicted molar refractivity (Wildman–Crippen MR) is 181 cm³/mol. The van der Waals surface area contributed by atoms with E-state index in [1.54, 1.807) is 0 Å². The van der Waals surface area contributed by atoms with Crippen molar-refractivity contribution in [2.45, 2.75) is 175 Å². The molecule has 0 atom stereocenters. The van der Waals surface area contributed by atoms with Crippen LogP contribution in [0.1, 0.15) is 172 Å². The molecule has 0 radical (unpaired) electrons. The Hall–Kier alpha value is -1.76. The van der Waals surface area contributed by atoms with Crippen LogP contribution in [0.2, 0.25) is 0 Å². The second-order valence-corrected chi connectivity index (χ2v) is 12.3. The number of benzene rings is 2. The molecule has 0 aliphatic heterocycles. The zero-order chi connectivity index (χ0) is 28.5. The molecule has 2 aromatic rings. The van der Waals surface area contributed by atoms with Crippen LogP contribution in [0.15, 0.2) is 42.5 Å². The lowest BCUT2D eigenvalue weighted by atomic mass is 9.96. The van der Waals surface area contributed by atoms with Crippen LogP contribution in [0, 0.1) is 0 Å². The third-order valence-electron chi connectivity index (χ3n) is 8.66. The van der Waals surface area contributed by atoms with Gasteiger partial charge in [-0.25, -0.2) is 0 Å². The van der Waals surface area contributed by atoms with Gasteiger partial charge < -0.3 is 5.32 Å². The van der Waals surface area contributed by atoms with Gasteiger partial charge in [0.15, 0.2) is 0 Å². The largest absolute Gasteiger partial charge is 0.355 e. The van der Waals surface area contributed by atoms with Gasteiger partial charge in [0.2, 0.25) is 0 Å². The van der Waals surface area contributed by atoms with Crippen molar-refractivity contribution in [2.75, 3.05) is 5.32 Å². The highest BCUT2D eigenvalue weighted by Gasteiger charge is 2.11. The number of hydrogen-bond donors (Lipinski definition) is 1. The SMILES string of the molecule is CCCCCCCCCc1ccccc1Nc1c(CCCCCCCCC)cccc1CCCCCCCCC. The summed E-state index contributed by atoms with van der Waals surface area (Å²) in [6, 6.07) is 16.2. The summed E-state index contributed by atoms with van der Waals surface area (Å²) >= 11 is 0. The molecule has 0 saturated carbocycles. The molecule has 0 fully saturated rings. The van der Waals surface area contributed by atoms with E-state index in [1.807, 2.05) is 0 Å². The molecule has 0 saturated heterocycles. The lowest BCUT2D eigenvalue weighted by Gasteiger charge is -2.19. The van der Waals surface area contributed by atoms with Crippen molar-refractivity contribution in [3.05, 3.63) is 59.2 Å². The van der Waals surface area contributed by atoms with Gasteiger partial charge in [0.25, 0.3) is 0 Å². The van der Waals surface area contributed by atoms with E-state index in [-0.39, 0.29) is 0 Å². The number of para-hydroxylation sites is 2. The van der Waals surface area contributed by atoms with E-state index in [0.717, 1.165) is 0 Å². The quantitative estimate of drug-likeness (QED) is 0.115. The standard InChI is InChI=1S/C39H65N/c1-4-7-10-13-16-19-22-28-35-29-25-26-34-38(35)40-39-36(30-23-20-17-14-11-8-5-2)32-27-33-37(39)31-24-21-18-15-12-9-6-3/h25-27,29,32-34,40H,4-24,28,30-31H2,1-3H3. The average molecular weight is 548 g/mol. The fourth-order valence-electron chi connectivity index (χ4n) is 6.04. The lowest BCUT2D eigenvalue weighted by Crippen LogP contribution is -2.04. The molecule has 0 heterocycles. The first-order chi connectivity index (χ1) is 19.8. The molecule has 1 heteroatoms. The number of unbranched alkanes of at least 4 members (excludes halogenated alkanes) is 18. The maximum absolute atomic E-state index is 4.02. The van der Waals surface area contributed by atoms with Gasteiger partial charge >= 0.3 is 0 Å². The molecule has 226 valence electrons. The Bertz CT molecular complexity index is 817. The zero-order valence-corrected chi connectivity index (χ0v) is 27.0. The van der Waals surface area contributed by atoms with Gasteiger partial charge in [-0.3, -0.25) is 0 Å². The molecule has 40 heavy (non-hydrogen) atoms. The molecule has 0 aliphatic carbocycles. The fraction of sp³-hybridized carbons (Fsp3) is 0.692. The van der Waals surface area contributed by atoms with Crippen LogP contribution >= 0.6 is 0 Å². The third kappa shape index (κ3) is 15.3. The highest BCUT2D eigenvalue weighted by atomic mass is 14.9. The molecule has 0 spiro atoms. The van der Waals surface area contributed by atoms with E-state index < -0.39 is 0 Å². The Morgan fingerprint density at radius 1 is 0.375 bits per heavy atom. The Morgan fingerprint density at radius 2 is 0.725 bits per heavy atom. The summed E-state index contributed by atoms with van der Waals surface area (Å²) in [7, 11) is 0. The van der Waals surface area contributed by atoms with Crippen LogP contribution in [-0.2, 0) is 19.3 Å². The zero-order valence-electron chi connectivity index (χ0n) is 27.0. The van der Waals surface area contributed by atoms with Crippen molar-refractivity contribution in [1.82, 2.24) is 0 Å². The third-order valence-corrected chi connectivity index (χ3v) is 8.66. The van der Waals surface area contributed by atoms with Gasteiger partial charge in [0, 0.05) is 11.4 Å². The number of nitrogens with one attached hydrogen (secondary N) is 1. The number of anilines is 2. The van der Waals surface area contributed by atoms with Crippen molar-refractivity contribution in [3.8, 4) is 0 Å². The van der Waals surface area contributed by atoms with E-state index in [1.165, 1.54) is 182 Å². The van der Waals surface area contributed by atoms with E-state index in [2.05, 4.69) is 68.6 Å². The maximum Gasteiger partial charge on any atom is 0.0449 e. The summed E-state index contributed by atoms with van der Waals surface area (Å²) in [5.74, 6) is 0. The van der Waals surface area contributed by atoms with Crippen LogP contribution in [0.3, 0.4) is 0 Å². The minimum Gasteiger partial charge on any atom is -0.355 e. The van der Waals surface area contributed by atoms with E-state index in [9.17, 15) is 0 Å². The Labute approximate surface area is 250 Å². The van der Waals surface area contributed by atoms with Crippen LogP contribution in [0.25, 0.3) is 0 Å². The van der Waals surface area contributed by atoms with Crippen molar-refractivity contribution >= 4 is 11.4 Å². The highest BCUT2D eigenvalue weighted by molar-refractivity contribution is 5.69. The molecule has 1 nitrogen and oxygen atoms in total. The first kappa shape index (κ1) is 34.4. The molecule has 0 aliphatic rings. The molecule has 2 rings (SSSR count). The van der Waals surface area contributed by atoms with Crippen molar-refractivity contribution < 1.29 is 0 Å². The smallest absolute Gasteiger partial charge is 0.0449 e. The Balaban J connectivity index is 2.02. The summed E-state index contributed by atoms with van der Waals surface area (Å²) in [4.78, 5) is 0. The summed E-state index contributed by atoms with van der Waals surface area (Å²) in [6.07, 6.45) is 32.4. The monoisotopic (exact) mass is 548 g/mol. The minimum atomic E-state index is 1.18. The van der Waals surface area contributed by atoms with E-state index in [4.69, 9.17) is 0 Å². The minimum absolute atomic E-state index is 1.18. The second-order valence-electron chi connectivity index (χ2n) is 12.3. The lowest BCUT2D eigenvalue weighted by molar-refractivity contribution is 0.587. The summed E-state index contributed by atoms with van der Waals surface area (Å²) < 4.78 is 0. The van der Waals surface area contributed by atoms with Gasteiger partial charge in [-0.1, -0.05) is 173 Å². The Morgan fingerprint density at radius 3 is 1.18 bits per heavy atom. The summed E-state index contributed by atoms with van der Waals surface area (Å²) in [5, 5.41) is 4.02. The van der Waals surface area contributed by atoms with E-state index >= 15 is 0 Å². The molecular formula is C39H65N. The second kappa shape index (κ2) is 23.9. The van der Waals surface area contributed by atoms with Gasteiger partial charge in [-0.05, 0) is 61.3 Å². The van der Waals surface area contributed by atoms with Crippen molar-refractivity contribution in [3.63, 3.8) is 0 Å². The summed E-state index contributed by atoms with van der Waals surface area (Å²) in [5.41, 5.74) is 7.30. The first-order valence-corrected chi connectivity index (χ1v) is 17.8. The van der Waals surface area contributed by atoms with Crippen molar-refractivity contribution in [1.29, 1.82) is 0 Å². The first-order valence-electron chi connectivity index (χ1n) is 17.8. The van der Waals surface area contributed by atoms with Gasteiger partial charge in [-0.2, -0.15) is 0 Å². The molecule has 0 aromatic heterocycles. The van der Waals surface area contributed by atoms with Gasteiger partial charge in [-0.15, -0.1) is 0 Å². The maximum atomic E-state index is 4.02.